The van der Waals surface area contributed by atoms with E-state index in [9.17, 15) is 18.0 Å². The van der Waals surface area contributed by atoms with Gasteiger partial charge in [-0.2, -0.15) is 4.31 Å². The molecule has 3 aliphatic rings. The van der Waals surface area contributed by atoms with Crippen molar-refractivity contribution in [1.82, 2.24) is 4.31 Å². The summed E-state index contributed by atoms with van der Waals surface area (Å²) >= 11 is 0. The second kappa shape index (κ2) is 6.29. The Morgan fingerprint density at radius 3 is 2.15 bits per heavy atom. The van der Waals surface area contributed by atoms with E-state index in [4.69, 9.17) is 9.84 Å². The van der Waals surface area contributed by atoms with Gasteiger partial charge < -0.3 is 9.84 Å². The molecule has 7 nitrogen and oxygen atoms in total. The minimum absolute atomic E-state index is 0.0134. The van der Waals surface area contributed by atoms with Crippen LogP contribution in [-0.2, 0) is 19.6 Å². The summed E-state index contributed by atoms with van der Waals surface area (Å²) in [7, 11) is -3.62. The van der Waals surface area contributed by atoms with Crippen LogP contribution in [0.2, 0.25) is 0 Å². The third kappa shape index (κ3) is 2.87. The summed E-state index contributed by atoms with van der Waals surface area (Å²) in [6, 6.07) is 5.73. The van der Waals surface area contributed by atoms with Gasteiger partial charge in [0.15, 0.2) is 5.78 Å². The van der Waals surface area contributed by atoms with Crippen molar-refractivity contribution in [2.24, 2.45) is 11.8 Å². The van der Waals surface area contributed by atoms with E-state index in [2.05, 4.69) is 0 Å². The number of benzene rings is 1. The molecule has 4 unspecified atom stereocenters. The van der Waals surface area contributed by atoms with E-state index in [-0.39, 0.29) is 47.6 Å². The zero-order chi connectivity index (χ0) is 18.5. The number of ether oxygens (including phenoxy) is 1. The van der Waals surface area contributed by atoms with Crippen LogP contribution in [0.4, 0.5) is 0 Å². The molecule has 2 fully saturated rings. The summed E-state index contributed by atoms with van der Waals surface area (Å²) in [6.45, 7) is 0.885. The predicted molar refractivity (Wildman–Crippen MR) is 91.2 cm³/mol. The number of carbonyl (C=O) groups excluding carboxylic acids is 1. The van der Waals surface area contributed by atoms with E-state index in [0.717, 1.165) is 0 Å². The normalized spacial score (nSPS) is 29.8. The number of nitrogens with zero attached hydrogens (tertiary/aromatic N) is 1. The van der Waals surface area contributed by atoms with Crippen LogP contribution >= 0.6 is 0 Å². The van der Waals surface area contributed by atoms with Gasteiger partial charge in [0, 0.05) is 36.9 Å². The van der Waals surface area contributed by atoms with Crippen molar-refractivity contribution in [3.63, 3.8) is 0 Å². The van der Waals surface area contributed by atoms with Crippen molar-refractivity contribution in [2.45, 2.75) is 29.9 Å². The van der Waals surface area contributed by atoms with Gasteiger partial charge in [0.05, 0.1) is 23.5 Å². The minimum Gasteiger partial charge on any atom is -0.481 e. The number of rotatable bonds is 6. The molecule has 0 amide bonds. The highest BCUT2D eigenvalue weighted by Crippen LogP contribution is 2.44. The molecule has 0 saturated carbocycles. The smallest absolute Gasteiger partial charge is 0.303 e. The number of hydrogen-bond donors (Lipinski definition) is 1. The molecular weight excluding hydrogens is 358 g/mol. The van der Waals surface area contributed by atoms with Crippen molar-refractivity contribution in [1.29, 1.82) is 0 Å². The Kier molecular flexibility index (Phi) is 4.21. The standard InChI is InChI=1S/C18H19NO6S/c20-15(5-8-18(21)22)11-1-3-12(4-2-11)26(23,24)19-9-13-14(10-19)17-7-6-16(13)25-17/h1-4,6-7,13-14,16-17H,5,8-10H2,(H,21,22). The molecule has 0 radical (unpaired) electrons. The second-order valence-electron chi connectivity index (χ2n) is 6.94. The topological polar surface area (TPSA) is 101 Å². The van der Waals surface area contributed by atoms with Crippen molar-refractivity contribution >= 4 is 21.8 Å². The van der Waals surface area contributed by atoms with E-state index in [0.29, 0.717) is 18.7 Å². The van der Waals surface area contributed by atoms with Gasteiger partial charge in [0.2, 0.25) is 10.0 Å². The molecule has 1 aromatic rings. The Bertz CT molecular complexity index is 855. The summed E-state index contributed by atoms with van der Waals surface area (Å²) in [5.74, 6) is -0.940. The zero-order valence-electron chi connectivity index (χ0n) is 13.9. The number of hydrogen-bond acceptors (Lipinski definition) is 5. The molecule has 1 aromatic carbocycles. The van der Waals surface area contributed by atoms with Crippen LogP contribution in [0.1, 0.15) is 23.2 Å². The van der Waals surface area contributed by atoms with Crippen LogP contribution in [0, 0.1) is 11.8 Å². The van der Waals surface area contributed by atoms with Crippen LogP contribution < -0.4 is 0 Å². The fourth-order valence-corrected chi connectivity index (χ4v) is 5.53. The molecule has 2 saturated heterocycles. The van der Waals surface area contributed by atoms with E-state index in [1.807, 2.05) is 12.2 Å². The molecule has 3 heterocycles. The first-order chi connectivity index (χ1) is 12.4. The highest BCUT2D eigenvalue weighted by atomic mass is 32.2. The summed E-state index contributed by atoms with van der Waals surface area (Å²) in [5, 5.41) is 8.64. The SMILES string of the molecule is O=C(O)CCC(=O)c1ccc(S(=O)(=O)N2CC3C4C=CC(O4)C3C2)cc1. The Hall–Kier alpha value is -2.03. The fraction of sp³-hybridized carbons (Fsp3) is 0.444. The molecule has 2 bridgehead atoms. The summed E-state index contributed by atoms with van der Waals surface area (Å²) in [5.41, 5.74) is 0.319. The average molecular weight is 377 g/mol. The third-order valence-corrected chi connectivity index (χ3v) is 7.25. The number of carboxylic acid groups (broad SMARTS) is 1. The largest absolute Gasteiger partial charge is 0.481 e. The lowest BCUT2D eigenvalue weighted by Crippen LogP contribution is -2.31. The van der Waals surface area contributed by atoms with Crippen LogP contribution in [-0.4, -0.2) is 54.9 Å². The third-order valence-electron chi connectivity index (χ3n) is 5.41. The van der Waals surface area contributed by atoms with Crippen molar-refractivity contribution in [3.05, 3.63) is 42.0 Å². The van der Waals surface area contributed by atoms with Crippen LogP contribution in [0.25, 0.3) is 0 Å². The number of Topliss-reactive ketones (excluding diaryl/α,β-unsaturated/α-hetero) is 1. The Morgan fingerprint density at radius 2 is 1.62 bits per heavy atom. The maximum Gasteiger partial charge on any atom is 0.303 e. The lowest BCUT2D eigenvalue weighted by atomic mass is 9.86. The molecule has 4 rings (SSSR count). The van der Waals surface area contributed by atoms with E-state index >= 15 is 0 Å². The molecular formula is C18H19NO6S. The Morgan fingerprint density at radius 1 is 1.04 bits per heavy atom. The van der Waals surface area contributed by atoms with Gasteiger partial charge >= 0.3 is 5.97 Å². The number of carboxylic acids is 1. The summed E-state index contributed by atoms with van der Waals surface area (Å²) in [4.78, 5) is 22.6. The highest BCUT2D eigenvalue weighted by Gasteiger charge is 2.52. The van der Waals surface area contributed by atoms with Gasteiger partial charge in [-0.15, -0.1) is 0 Å². The maximum atomic E-state index is 12.9. The fourth-order valence-electron chi connectivity index (χ4n) is 4.01. The number of ketones is 1. The zero-order valence-corrected chi connectivity index (χ0v) is 14.8. The van der Waals surface area contributed by atoms with E-state index < -0.39 is 16.0 Å². The molecule has 138 valence electrons. The van der Waals surface area contributed by atoms with Gasteiger partial charge in [-0.1, -0.05) is 24.3 Å². The maximum absolute atomic E-state index is 12.9. The van der Waals surface area contributed by atoms with E-state index in [1.165, 1.54) is 28.6 Å². The van der Waals surface area contributed by atoms with E-state index in [1.54, 1.807) is 0 Å². The van der Waals surface area contributed by atoms with Gasteiger partial charge in [0.1, 0.15) is 0 Å². The molecule has 26 heavy (non-hydrogen) atoms. The van der Waals surface area contributed by atoms with Crippen molar-refractivity contribution in [2.75, 3.05) is 13.1 Å². The molecule has 1 N–H and O–H groups in total. The van der Waals surface area contributed by atoms with Gasteiger partial charge in [-0.3, -0.25) is 9.59 Å². The van der Waals surface area contributed by atoms with Crippen molar-refractivity contribution in [3.8, 4) is 0 Å². The van der Waals surface area contributed by atoms with Gasteiger partial charge in [-0.05, 0) is 12.1 Å². The lowest BCUT2D eigenvalue weighted by molar-refractivity contribution is -0.136. The number of aliphatic carboxylic acids is 1. The first kappa shape index (κ1) is 17.4. The summed E-state index contributed by atoms with van der Waals surface area (Å²) in [6.07, 6.45) is 3.71. The molecule has 0 aromatic heterocycles. The lowest BCUT2D eigenvalue weighted by Gasteiger charge is -2.19. The molecule has 0 aliphatic carbocycles. The van der Waals surface area contributed by atoms with Crippen LogP contribution in [0.5, 0.6) is 0 Å². The molecule has 4 atom stereocenters. The quantitative estimate of drug-likeness (QED) is 0.592. The first-order valence-electron chi connectivity index (χ1n) is 8.55. The average Bonchev–Trinajstić information content (AvgIpc) is 3.32. The monoisotopic (exact) mass is 377 g/mol. The van der Waals surface area contributed by atoms with Crippen LogP contribution in [0.3, 0.4) is 0 Å². The van der Waals surface area contributed by atoms with Gasteiger partial charge in [-0.25, -0.2) is 8.42 Å². The number of carbonyl (C=O) groups is 2. The number of fused-ring (bicyclic) bond motifs is 5. The highest BCUT2D eigenvalue weighted by molar-refractivity contribution is 7.89. The van der Waals surface area contributed by atoms with Gasteiger partial charge in [0.25, 0.3) is 0 Å². The minimum atomic E-state index is -3.62. The number of sulfonamides is 1. The van der Waals surface area contributed by atoms with Crippen molar-refractivity contribution < 1.29 is 27.9 Å². The molecule has 8 heteroatoms. The molecule has 0 spiro atoms. The molecule has 3 aliphatic heterocycles. The van der Waals surface area contributed by atoms with Crippen LogP contribution in [0.15, 0.2) is 41.3 Å². The Labute approximate surface area is 151 Å². The summed E-state index contributed by atoms with van der Waals surface area (Å²) < 4.78 is 33.1. The first-order valence-corrected chi connectivity index (χ1v) is 9.99. The predicted octanol–water partition coefficient (Wildman–Crippen LogP) is 1.31. The second-order valence-corrected chi connectivity index (χ2v) is 8.88. The Balaban J connectivity index is 1.47.